The summed E-state index contributed by atoms with van der Waals surface area (Å²) in [6.45, 7) is 6.49. The standard InChI is InChI=1S/C22H25FN4O/c1-3-27(4-2)20(16-8-6-5-7-9-16)15-24-22(28)19-14-25-26-21(19)17-10-12-18(23)13-11-17/h5-14,20H,3-4,15H2,1-2H3,(H,24,28)(H,25,26). The fourth-order valence-corrected chi connectivity index (χ4v) is 3.38. The maximum absolute atomic E-state index is 13.2. The third kappa shape index (κ3) is 4.46. The van der Waals surface area contributed by atoms with Gasteiger partial charge in [-0.1, -0.05) is 44.2 Å². The van der Waals surface area contributed by atoms with Crippen molar-refractivity contribution in [1.82, 2.24) is 20.4 Å². The number of hydrogen-bond acceptors (Lipinski definition) is 3. The molecule has 5 nitrogen and oxygen atoms in total. The van der Waals surface area contributed by atoms with Crippen LogP contribution in [0.1, 0.15) is 35.8 Å². The Hall–Kier alpha value is -2.99. The SMILES string of the molecule is CCN(CC)C(CNC(=O)c1cn[nH]c1-c1ccc(F)cc1)c1ccccc1. The minimum Gasteiger partial charge on any atom is -0.350 e. The molecule has 146 valence electrons. The van der Waals surface area contributed by atoms with Gasteiger partial charge in [-0.2, -0.15) is 5.10 Å². The van der Waals surface area contributed by atoms with Gasteiger partial charge >= 0.3 is 0 Å². The number of aromatic amines is 1. The van der Waals surface area contributed by atoms with E-state index in [1.54, 1.807) is 12.1 Å². The zero-order valence-corrected chi connectivity index (χ0v) is 16.2. The van der Waals surface area contributed by atoms with Crippen LogP contribution in [0, 0.1) is 5.82 Å². The lowest BCUT2D eigenvalue weighted by molar-refractivity contribution is 0.0935. The molecule has 1 atom stereocenters. The van der Waals surface area contributed by atoms with Crippen molar-refractivity contribution < 1.29 is 9.18 Å². The molecule has 0 saturated heterocycles. The molecule has 1 heterocycles. The van der Waals surface area contributed by atoms with Crippen LogP contribution in [0.15, 0.2) is 60.8 Å². The van der Waals surface area contributed by atoms with Crippen molar-refractivity contribution in [2.45, 2.75) is 19.9 Å². The fraction of sp³-hybridized carbons (Fsp3) is 0.273. The Morgan fingerprint density at radius 3 is 2.43 bits per heavy atom. The molecule has 1 unspecified atom stereocenters. The number of carbonyl (C=O) groups is 1. The molecule has 28 heavy (non-hydrogen) atoms. The van der Waals surface area contributed by atoms with Crippen molar-refractivity contribution in [2.24, 2.45) is 0 Å². The summed E-state index contributed by atoms with van der Waals surface area (Å²) in [5.74, 6) is -0.527. The average Bonchev–Trinajstić information content (AvgIpc) is 3.22. The Balaban J connectivity index is 1.77. The monoisotopic (exact) mass is 380 g/mol. The van der Waals surface area contributed by atoms with Crippen molar-refractivity contribution in [3.8, 4) is 11.3 Å². The van der Waals surface area contributed by atoms with Gasteiger partial charge in [0.15, 0.2) is 0 Å². The Morgan fingerprint density at radius 2 is 1.79 bits per heavy atom. The third-order valence-corrected chi connectivity index (χ3v) is 4.91. The van der Waals surface area contributed by atoms with Crippen molar-refractivity contribution in [2.75, 3.05) is 19.6 Å². The van der Waals surface area contributed by atoms with Gasteiger partial charge in [0.25, 0.3) is 5.91 Å². The van der Waals surface area contributed by atoms with Crippen LogP contribution < -0.4 is 5.32 Å². The molecule has 0 fully saturated rings. The molecule has 0 radical (unpaired) electrons. The largest absolute Gasteiger partial charge is 0.350 e. The van der Waals surface area contributed by atoms with E-state index in [9.17, 15) is 9.18 Å². The molecule has 2 aromatic carbocycles. The number of aromatic nitrogens is 2. The van der Waals surface area contributed by atoms with E-state index in [2.05, 4.69) is 46.4 Å². The predicted octanol–water partition coefficient (Wildman–Crippen LogP) is 4.03. The summed E-state index contributed by atoms with van der Waals surface area (Å²) in [6.07, 6.45) is 1.50. The van der Waals surface area contributed by atoms with Gasteiger partial charge in [-0.25, -0.2) is 4.39 Å². The maximum atomic E-state index is 13.2. The molecular formula is C22H25FN4O. The predicted molar refractivity (Wildman–Crippen MR) is 108 cm³/mol. The number of likely N-dealkylation sites (N-methyl/N-ethyl adjacent to an activating group) is 1. The van der Waals surface area contributed by atoms with Gasteiger partial charge in [0.1, 0.15) is 5.82 Å². The zero-order chi connectivity index (χ0) is 19.9. The van der Waals surface area contributed by atoms with Crippen LogP contribution in [-0.2, 0) is 0 Å². The van der Waals surface area contributed by atoms with Gasteiger partial charge in [-0.3, -0.25) is 14.8 Å². The summed E-state index contributed by atoms with van der Waals surface area (Å²) in [4.78, 5) is 15.1. The van der Waals surface area contributed by atoms with E-state index in [0.717, 1.165) is 18.7 Å². The van der Waals surface area contributed by atoms with E-state index in [-0.39, 0.29) is 17.8 Å². The molecular weight excluding hydrogens is 355 g/mol. The highest BCUT2D eigenvalue weighted by atomic mass is 19.1. The third-order valence-electron chi connectivity index (χ3n) is 4.91. The van der Waals surface area contributed by atoms with E-state index in [1.165, 1.54) is 18.3 Å². The number of H-pyrrole nitrogens is 1. The average molecular weight is 380 g/mol. The second-order valence-electron chi connectivity index (χ2n) is 6.52. The molecule has 0 bridgehead atoms. The number of carbonyl (C=O) groups excluding carboxylic acids is 1. The number of nitrogens with zero attached hydrogens (tertiary/aromatic N) is 2. The van der Waals surface area contributed by atoms with E-state index in [1.807, 2.05) is 18.2 Å². The highest BCUT2D eigenvalue weighted by Crippen LogP contribution is 2.23. The normalized spacial score (nSPS) is 12.1. The molecule has 0 aliphatic rings. The molecule has 3 aromatic rings. The van der Waals surface area contributed by atoms with Gasteiger partial charge < -0.3 is 5.32 Å². The van der Waals surface area contributed by atoms with Crippen LogP contribution in [0.4, 0.5) is 4.39 Å². The van der Waals surface area contributed by atoms with Crippen molar-refractivity contribution in [3.63, 3.8) is 0 Å². The minimum absolute atomic E-state index is 0.0846. The zero-order valence-electron chi connectivity index (χ0n) is 16.2. The van der Waals surface area contributed by atoms with Crippen LogP contribution in [0.5, 0.6) is 0 Å². The molecule has 6 heteroatoms. The first-order chi connectivity index (χ1) is 13.6. The van der Waals surface area contributed by atoms with Gasteiger partial charge in [0.2, 0.25) is 0 Å². The first-order valence-electron chi connectivity index (χ1n) is 9.50. The Labute approximate surface area is 164 Å². The number of nitrogens with one attached hydrogen (secondary N) is 2. The molecule has 0 aliphatic heterocycles. The molecule has 3 rings (SSSR count). The van der Waals surface area contributed by atoms with Gasteiger partial charge in [0.05, 0.1) is 23.5 Å². The van der Waals surface area contributed by atoms with E-state index in [4.69, 9.17) is 0 Å². The van der Waals surface area contributed by atoms with Crippen molar-refractivity contribution in [3.05, 3.63) is 77.7 Å². The summed E-state index contributed by atoms with van der Waals surface area (Å²) >= 11 is 0. The first kappa shape index (κ1) is 19.8. The van der Waals surface area contributed by atoms with Crippen LogP contribution in [-0.4, -0.2) is 40.6 Å². The number of rotatable bonds is 8. The lowest BCUT2D eigenvalue weighted by Crippen LogP contribution is -2.38. The van der Waals surface area contributed by atoms with Crippen LogP contribution >= 0.6 is 0 Å². The lowest BCUT2D eigenvalue weighted by Gasteiger charge is -2.30. The van der Waals surface area contributed by atoms with Crippen molar-refractivity contribution >= 4 is 5.91 Å². The topological polar surface area (TPSA) is 61.0 Å². The number of halogens is 1. The second-order valence-corrected chi connectivity index (χ2v) is 6.52. The summed E-state index contributed by atoms with van der Waals surface area (Å²) in [5, 5.41) is 9.89. The Bertz CT molecular complexity index is 888. The number of benzene rings is 2. The smallest absolute Gasteiger partial charge is 0.255 e. The minimum atomic E-state index is -0.320. The summed E-state index contributed by atoms with van der Waals surface area (Å²) in [6, 6.07) is 16.2. The Kier molecular flexibility index (Phi) is 6.55. The van der Waals surface area contributed by atoms with Gasteiger partial charge in [-0.15, -0.1) is 0 Å². The maximum Gasteiger partial charge on any atom is 0.255 e. The molecule has 1 amide bonds. The number of hydrogen-bond donors (Lipinski definition) is 2. The molecule has 0 saturated carbocycles. The van der Waals surface area contributed by atoms with Crippen molar-refractivity contribution in [1.29, 1.82) is 0 Å². The van der Waals surface area contributed by atoms with E-state index < -0.39 is 0 Å². The fourth-order valence-electron chi connectivity index (χ4n) is 3.38. The highest BCUT2D eigenvalue weighted by Gasteiger charge is 2.21. The molecule has 1 aromatic heterocycles. The van der Waals surface area contributed by atoms with Crippen LogP contribution in [0.2, 0.25) is 0 Å². The van der Waals surface area contributed by atoms with Crippen LogP contribution in [0.25, 0.3) is 11.3 Å². The number of amides is 1. The summed E-state index contributed by atoms with van der Waals surface area (Å²) in [5.41, 5.74) is 2.90. The molecule has 2 N–H and O–H groups in total. The van der Waals surface area contributed by atoms with E-state index in [0.29, 0.717) is 23.4 Å². The Morgan fingerprint density at radius 1 is 1.11 bits per heavy atom. The molecule has 0 aliphatic carbocycles. The molecule has 0 spiro atoms. The summed E-state index contributed by atoms with van der Waals surface area (Å²) in [7, 11) is 0. The van der Waals surface area contributed by atoms with E-state index >= 15 is 0 Å². The lowest BCUT2D eigenvalue weighted by atomic mass is 10.0. The second kappa shape index (κ2) is 9.28. The summed E-state index contributed by atoms with van der Waals surface area (Å²) < 4.78 is 13.2. The van der Waals surface area contributed by atoms with Gasteiger partial charge in [0, 0.05) is 12.1 Å². The highest BCUT2D eigenvalue weighted by molar-refractivity contribution is 5.99. The van der Waals surface area contributed by atoms with Crippen LogP contribution in [0.3, 0.4) is 0 Å². The first-order valence-corrected chi connectivity index (χ1v) is 9.50. The quantitative estimate of drug-likeness (QED) is 0.620. The van der Waals surface area contributed by atoms with Gasteiger partial charge in [-0.05, 0) is 42.9 Å².